The molecule has 70 valence electrons. The summed E-state index contributed by atoms with van der Waals surface area (Å²) in [5.74, 6) is 0.599. The minimum absolute atomic E-state index is 0.370. The first-order valence-corrected chi connectivity index (χ1v) is 4.80. The number of nitrogens with one attached hydrogen (secondary N) is 1. The molecule has 0 aliphatic carbocycles. The lowest BCUT2D eigenvalue weighted by Gasteiger charge is -2.38. The zero-order chi connectivity index (χ0) is 8.86. The van der Waals surface area contributed by atoms with Gasteiger partial charge < -0.3 is 10.1 Å². The van der Waals surface area contributed by atoms with Crippen LogP contribution in [-0.2, 0) is 4.74 Å². The van der Waals surface area contributed by atoms with E-state index in [4.69, 9.17) is 16.3 Å². The number of halogens is 1. The van der Waals surface area contributed by atoms with Crippen molar-refractivity contribution >= 4 is 11.6 Å². The van der Waals surface area contributed by atoms with Gasteiger partial charge in [-0.25, -0.2) is 0 Å². The lowest BCUT2D eigenvalue weighted by Crippen LogP contribution is -2.47. The zero-order valence-electron chi connectivity index (χ0n) is 7.48. The van der Waals surface area contributed by atoms with E-state index in [1.807, 2.05) is 6.08 Å². The quantitative estimate of drug-likeness (QED) is 0.401. The van der Waals surface area contributed by atoms with E-state index >= 15 is 0 Å². The standard InChI is InChI=1S/C9H16ClNO/c1-9(7-12-8-9)6-11-5-3-2-4-10/h2-3,11H,4-8H2,1H3/b3-2+. The van der Waals surface area contributed by atoms with Crippen LogP contribution in [0.5, 0.6) is 0 Å². The Morgan fingerprint density at radius 1 is 1.50 bits per heavy atom. The molecule has 12 heavy (non-hydrogen) atoms. The second kappa shape index (κ2) is 4.85. The normalized spacial score (nSPS) is 21.2. The van der Waals surface area contributed by atoms with Crippen molar-refractivity contribution in [2.75, 3.05) is 32.2 Å². The van der Waals surface area contributed by atoms with Gasteiger partial charge in [-0.2, -0.15) is 0 Å². The van der Waals surface area contributed by atoms with Crippen LogP contribution in [0, 0.1) is 5.41 Å². The summed E-state index contributed by atoms with van der Waals surface area (Å²) in [5, 5.41) is 3.34. The van der Waals surface area contributed by atoms with E-state index in [0.29, 0.717) is 11.3 Å². The fourth-order valence-electron chi connectivity index (χ4n) is 1.16. The Bertz CT molecular complexity index is 155. The van der Waals surface area contributed by atoms with Crippen LogP contribution < -0.4 is 5.32 Å². The van der Waals surface area contributed by atoms with Crippen molar-refractivity contribution in [3.63, 3.8) is 0 Å². The number of hydrogen-bond donors (Lipinski definition) is 1. The first kappa shape index (κ1) is 10.0. The van der Waals surface area contributed by atoms with Crippen molar-refractivity contribution in [3.05, 3.63) is 12.2 Å². The van der Waals surface area contributed by atoms with Gasteiger partial charge in [-0.05, 0) is 0 Å². The van der Waals surface area contributed by atoms with Crippen molar-refractivity contribution in [1.29, 1.82) is 0 Å². The van der Waals surface area contributed by atoms with E-state index in [0.717, 1.165) is 26.3 Å². The van der Waals surface area contributed by atoms with E-state index < -0.39 is 0 Å². The molecule has 1 saturated heterocycles. The molecule has 1 heterocycles. The van der Waals surface area contributed by atoms with Gasteiger partial charge in [-0.3, -0.25) is 0 Å². The molecule has 1 fully saturated rings. The second-order valence-corrected chi connectivity index (χ2v) is 3.87. The average Bonchev–Trinajstić information content (AvgIpc) is 2.01. The summed E-state index contributed by atoms with van der Waals surface area (Å²) in [5.41, 5.74) is 0.370. The molecule has 2 nitrogen and oxygen atoms in total. The monoisotopic (exact) mass is 189 g/mol. The minimum atomic E-state index is 0.370. The maximum atomic E-state index is 5.47. The van der Waals surface area contributed by atoms with E-state index in [-0.39, 0.29) is 0 Å². The molecule has 0 bridgehead atoms. The molecular weight excluding hydrogens is 174 g/mol. The van der Waals surface area contributed by atoms with Gasteiger partial charge in [-0.1, -0.05) is 19.1 Å². The molecule has 1 N–H and O–H groups in total. The first-order valence-electron chi connectivity index (χ1n) is 4.26. The van der Waals surface area contributed by atoms with Gasteiger partial charge >= 0.3 is 0 Å². The van der Waals surface area contributed by atoms with Crippen molar-refractivity contribution in [1.82, 2.24) is 5.32 Å². The molecule has 3 heteroatoms. The van der Waals surface area contributed by atoms with Crippen LogP contribution in [-0.4, -0.2) is 32.2 Å². The second-order valence-electron chi connectivity index (χ2n) is 3.56. The molecule has 0 saturated carbocycles. The number of ether oxygens (including phenoxy) is 1. The Labute approximate surface area is 78.9 Å². The lowest BCUT2D eigenvalue weighted by atomic mass is 9.89. The van der Waals surface area contributed by atoms with Crippen LogP contribution in [0.25, 0.3) is 0 Å². The molecule has 1 aliphatic heterocycles. The van der Waals surface area contributed by atoms with Gasteiger partial charge in [-0.15, -0.1) is 11.6 Å². The molecule has 1 rings (SSSR count). The van der Waals surface area contributed by atoms with Crippen LogP contribution in [0.1, 0.15) is 6.92 Å². The zero-order valence-corrected chi connectivity index (χ0v) is 8.23. The third kappa shape index (κ3) is 3.13. The van der Waals surface area contributed by atoms with E-state index in [1.165, 1.54) is 0 Å². The highest BCUT2D eigenvalue weighted by atomic mass is 35.5. The van der Waals surface area contributed by atoms with Crippen molar-refractivity contribution < 1.29 is 4.74 Å². The Morgan fingerprint density at radius 3 is 2.75 bits per heavy atom. The summed E-state index contributed by atoms with van der Waals surface area (Å²) in [6.45, 7) is 5.94. The molecule has 0 unspecified atom stereocenters. The third-order valence-electron chi connectivity index (χ3n) is 1.97. The highest BCUT2D eigenvalue weighted by Gasteiger charge is 2.32. The summed E-state index contributed by atoms with van der Waals surface area (Å²) < 4.78 is 5.14. The van der Waals surface area contributed by atoms with Gasteiger partial charge in [0.2, 0.25) is 0 Å². The Morgan fingerprint density at radius 2 is 2.25 bits per heavy atom. The molecule has 0 aromatic carbocycles. The van der Waals surface area contributed by atoms with Crippen molar-refractivity contribution in [2.45, 2.75) is 6.92 Å². The maximum Gasteiger partial charge on any atom is 0.0554 e. The summed E-state index contributed by atoms with van der Waals surface area (Å²) in [6.07, 6.45) is 4.00. The van der Waals surface area contributed by atoms with Crippen LogP contribution in [0.2, 0.25) is 0 Å². The molecule has 0 aromatic heterocycles. The molecule has 0 radical (unpaired) electrons. The molecule has 0 amide bonds. The molecular formula is C9H16ClNO. The highest BCUT2D eigenvalue weighted by Crippen LogP contribution is 2.24. The number of allylic oxidation sites excluding steroid dienone is 1. The van der Waals surface area contributed by atoms with Gasteiger partial charge in [0.15, 0.2) is 0 Å². The predicted molar refractivity (Wildman–Crippen MR) is 51.7 cm³/mol. The van der Waals surface area contributed by atoms with E-state index in [1.54, 1.807) is 0 Å². The molecule has 0 spiro atoms. The van der Waals surface area contributed by atoms with Gasteiger partial charge in [0, 0.05) is 24.4 Å². The van der Waals surface area contributed by atoms with Crippen LogP contribution >= 0.6 is 11.6 Å². The molecule has 0 aromatic rings. The van der Waals surface area contributed by atoms with Gasteiger partial charge in [0.1, 0.15) is 0 Å². The summed E-state index contributed by atoms with van der Waals surface area (Å²) in [6, 6.07) is 0. The largest absolute Gasteiger partial charge is 0.380 e. The predicted octanol–water partition coefficient (Wildman–Crippen LogP) is 1.41. The number of alkyl halides is 1. The summed E-state index contributed by atoms with van der Waals surface area (Å²) in [7, 11) is 0. The van der Waals surface area contributed by atoms with Crippen LogP contribution in [0.15, 0.2) is 12.2 Å². The number of hydrogen-bond acceptors (Lipinski definition) is 2. The number of rotatable bonds is 5. The Hall–Kier alpha value is -0.0500. The van der Waals surface area contributed by atoms with Crippen molar-refractivity contribution in [3.8, 4) is 0 Å². The molecule has 0 atom stereocenters. The lowest BCUT2D eigenvalue weighted by molar-refractivity contribution is -0.0986. The maximum absolute atomic E-state index is 5.47. The fourth-order valence-corrected chi connectivity index (χ4v) is 1.28. The first-order chi connectivity index (χ1) is 5.77. The van der Waals surface area contributed by atoms with Crippen LogP contribution in [0.4, 0.5) is 0 Å². The summed E-state index contributed by atoms with van der Waals surface area (Å²) in [4.78, 5) is 0. The van der Waals surface area contributed by atoms with Gasteiger partial charge in [0.25, 0.3) is 0 Å². The Balaban J connectivity index is 1.98. The SMILES string of the molecule is CC1(CNC/C=C/CCl)COC1. The fraction of sp³-hybridized carbons (Fsp3) is 0.778. The van der Waals surface area contributed by atoms with Crippen molar-refractivity contribution in [2.24, 2.45) is 5.41 Å². The highest BCUT2D eigenvalue weighted by molar-refractivity contribution is 6.18. The molecule has 1 aliphatic rings. The van der Waals surface area contributed by atoms with Gasteiger partial charge in [0.05, 0.1) is 13.2 Å². The summed E-state index contributed by atoms with van der Waals surface area (Å²) >= 11 is 5.47. The smallest absolute Gasteiger partial charge is 0.0554 e. The van der Waals surface area contributed by atoms with E-state index in [9.17, 15) is 0 Å². The third-order valence-corrected chi connectivity index (χ3v) is 2.15. The average molecular weight is 190 g/mol. The topological polar surface area (TPSA) is 21.3 Å². The Kier molecular flexibility index (Phi) is 4.06. The van der Waals surface area contributed by atoms with E-state index in [2.05, 4.69) is 18.3 Å². The van der Waals surface area contributed by atoms with Crippen LogP contribution in [0.3, 0.4) is 0 Å². The minimum Gasteiger partial charge on any atom is -0.380 e.